The molecule has 0 spiro atoms. The van der Waals surface area contributed by atoms with Gasteiger partial charge in [0.05, 0.1) is 5.52 Å². The van der Waals surface area contributed by atoms with E-state index in [1.165, 1.54) is 6.08 Å². The monoisotopic (exact) mass is 509 g/mol. The number of fused-ring (bicyclic) bond motifs is 1. The summed E-state index contributed by atoms with van der Waals surface area (Å²) in [7, 11) is 3.88. The van der Waals surface area contributed by atoms with Gasteiger partial charge in [-0.3, -0.25) is 4.79 Å². The molecule has 0 saturated carbocycles. The van der Waals surface area contributed by atoms with Crippen LogP contribution >= 0.6 is 0 Å². The van der Waals surface area contributed by atoms with E-state index >= 15 is 0 Å². The highest BCUT2D eigenvalue weighted by Crippen LogP contribution is 2.31. The Hall–Kier alpha value is -3.45. The van der Waals surface area contributed by atoms with Crippen LogP contribution in [0.1, 0.15) is 6.42 Å². The molecule has 2 aromatic rings. The zero-order valence-electron chi connectivity index (χ0n) is 20.2. The number of nitrogens with zero attached hydrogens (tertiary/aromatic N) is 6. The van der Waals surface area contributed by atoms with Crippen molar-refractivity contribution in [2.45, 2.75) is 18.6 Å². The van der Waals surface area contributed by atoms with Gasteiger partial charge in [0.1, 0.15) is 5.82 Å². The van der Waals surface area contributed by atoms with Gasteiger partial charge in [-0.05, 0) is 37.7 Å². The van der Waals surface area contributed by atoms with E-state index in [1.807, 2.05) is 18.2 Å². The molecule has 2 fully saturated rings. The number of anilines is 3. The molecule has 1 aromatic heterocycles. The van der Waals surface area contributed by atoms with E-state index in [-0.39, 0.29) is 11.9 Å². The molecule has 0 aliphatic carbocycles. The molecule has 1 atom stereocenters. The molecule has 13 heteroatoms. The minimum Gasteiger partial charge on any atom is -0.475 e. The summed E-state index contributed by atoms with van der Waals surface area (Å²) in [5, 5.41) is 8.11. The van der Waals surface area contributed by atoms with Gasteiger partial charge >= 0.3 is 12.1 Å². The highest BCUT2D eigenvalue weighted by Gasteiger charge is 2.38. The number of aliphatic carboxylic acids is 1. The largest absolute Gasteiger partial charge is 0.490 e. The molecule has 10 nitrogen and oxygen atoms in total. The van der Waals surface area contributed by atoms with Crippen molar-refractivity contribution in [2.24, 2.45) is 5.73 Å². The first kappa shape index (κ1) is 27.1. The molecule has 3 heterocycles. The first-order chi connectivity index (χ1) is 16.9. The Morgan fingerprint density at radius 3 is 2.33 bits per heavy atom. The first-order valence-corrected chi connectivity index (χ1v) is 11.4. The molecule has 1 amide bonds. The van der Waals surface area contributed by atoms with Gasteiger partial charge in [-0.15, -0.1) is 0 Å². The summed E-state index contributed by atoms with van der Waals surface area (Å²) in [5.41, 5.74) is 7.79. The molecule has 4 rings (SSSR count). The maximum Gasteiger partial charge on any atom is 0.490 e. The molecular formula is C23H30F3N7O3. The molecule has 36 heavy (non-hydrogen) atoms. The van der Waals surface area contributed by atoms with Crippen LogP contribution < -0.4 is 20.4 Å². The molecule has 2 aliphatic rings. The third kappa shape index (κ3) is 6.40. The van der Waals surface area contributed by atoms with E-state index in [2.05, 4.69) is 28.3 Å². The number of halogens is 3. The molecule has 1 aromatic carbocycles. The fraction of sp³-hybridized carbons (Fsp3) is 0.478. The summed E-state index contributed by atoms with van der Waals surface area (Å²) in [6, 6.07) is 6.06. The van der Waals surface area contributed by atoms with Crippen LogP contribution in [0.3, 0.4) is 0 Å². The van der Waals surface area contributed by atoms with Gasteiger partial charge in [0.2, 0.25) is 11.9 Å². The summed E-state index contributed by atoms with van der Waals surface area (Å²) in [4.78, 5) is 39.2. The number of piperazine rings is 1. The van der Waals surface area contributed by atoms with Gasteiger partial charge in [-0.1, -0.05) is 6.58 Å². The Balaban J connectivity index is 0.000000454. The van der Waals surface area contributed by atoms with Crippen molar-refractivity contribution in [3.63, 3.8) is 0 Å². The standard InChI is InChI=1S/C21H29N7O.C2HF3O2/c1-4-19(29)26(3)16-5-6-17-18(13-16)23-21(27-11-9-25(2)10-12-27)24-20(17)28-8-7-15(22)14-28;3-2(4,5)1(6)7/h4-6,13,15H,1,7-12,14,22H2,2-3H3;(H,6,7)/t15-;/m1./s1. The normalized spacial score (nSPS) is 18.6. The van der Waals surface area contributed by atoms with Crippen molar-refractivity contribution in [1.29, 1.82) is 0 Å². The van der Waals surface area contributed by atoms with Crippen molar-refractivity contribution in [1.82, 2.24) is 14.9 Å². The van der Waals surface area contributed by atoms with E-state index in [0.717, 1.165) is 74.0 Å². The summed E-state index contributed by atoms with van der Waals surface area (Å²) >= 11 is 0. The van der Waals surface area contributed by atoms with Crippen molar-refractivity contribution in [2.75, 3.05) is 68.1 Å². The fourth-order valence-corrected chi connectivity index (χ4v) is 3.93. The van der Waals surface area contributed by atoms with Gasteiger partial charge in [0, 0.05) is 63.4 Å². The summed E-state index contributed by atoms with van der Waals surface area (Å²) in [6.45, 7) is 9.04. The van der Waals surface area contributed by atoms with Crippen molar-refractivity contribution >= 4 is 40.2 Å². The Morgan fingerprint density at radius 2 is 1.81 bits per heavy atom. The maximum atomic E-state index is 12.0. The summed E-state index contributed by atoms with van der Waals surface area (Å²) in [6.07, 6.45) is -2.80. The van der Waals surface area contributed by atoms with Crippen LogP contribution in [0, 0.1) is 0 Å². The number of nitrogens with two attached hydrogens (primary N) is 1. The Labute approximate surface area is 206 Å². The minimum absolute atomic E-state index is 0.150. The van der Waals surface area contributed by atoms with Crippen LogP contribution in [0.2, 0.25) is 0 Å². The number of amides is 1. The van der Waals surface area contributed by atoms with Crippen LogP contribution in [0.15, 0.2) is 30.9 Å². The second kappa shape index (κ2) is 11.1. The fourth-order valence-electron chi connectivity index (χ4n) is 3.93. The van der Waals surface area contributed by atoms with Crippen molar-refractivity contribution in [3.05, 3.63) is 30.9 Å². The number of hydrogen-bond acceptors (Lipinski definition) is 8. The molecule has 3 N–H and O–H groups in total. The van der Waals surface area contributed by atoms with E-state index in [0.29, 0.717) is 0 Å². The zero-order valence-corrected chi connectivity index (χ0v) is 20.2. The van der Waals surface area contributed by atoms with Crippen LogP contribution in [0.5, 0.6) is 0 Å². The number of likely N-dealkylation sites (N-methyl/N-ethyl adjacent to an activating group) is 2. The number of carboxylic acid groups (broad SMARTS) is 1. The smallest absolute Gasteiger partial charge is 0.475 e. The lowest BCUT2D eigenvalue weighted by Gasteiger charge is -2.33. The third-order valence-electron chi connectivity index (χ3n) is 6.09. The summed E-state index contributed by atoms with van der Waals surface area (Å²) in [5.74, 6) is -1.23. The molecule has 2 aliphatic heterocycles. The average Bonchev–Trinajstić information content (AvgIpc) is 3.28. The highest BCUT2D eigenvalue weighted by molar-refractivity contribution is 6.02. The lowest BCUT2D eigenvalue weighted by molar-refractivity contribution is -0.192. The topological polar surface area (TPSA) is 119 Å². The molecule has 2 saturated heterocycles. The highest BCUT2D eigenvalue weighted by atomic mass is 19.4. The Morgan fingerprint density at radius 1 is 1.17 bits per heavy atom. The van der Waals surface area contributed by atoms with E-state index in [9.17, 15) is 18.0 Å². The van der Waals surface area contributed by atoms with Gasteiger partial charge < -0.3 is 30.4 Å². The Kier molecular flexibility index (Phi) is 8.35. The zero-order chi connectivity index (χ0) is 26.6. The first-order valence-electron chi connectivity index (χ1n) is 11.4. The van der Waals surface area contributed by atoms with E-state index in [1.54, 1.807) is 11.9 Å². The molecule has 0 radical (unpaired) electrons. The number of carbonyl (C=O) groups is 2. The number of benzene rings is 1. The van der Waals surface area contributed by atoms with Crippen LogP contribution in [0.25, 0.3) is 10.9 Å². The molecule has 0 bridgehead atoms. The van der Waals surface area contributed by atoms with Crippen LogP contribution in [-0.2, 0) is 9.59 Å². The third-order valence-corrected chi connectivity index (χ3v) is 6.09. The van der Waals surface area contributed by atoms with Crippen molar-refractivity contribution in [3.8, 4) is 0 Å². The van der Waals surface area contributed by atoms with Gasteiger partial charge in [0.25, 0.3) is 0 Å². The number of aromatic nitrogens is 2. The lowest BCUT2D eigenvalue weighted by atomic mass is 10.2. The lowest BCUT2D eigenvalue weighted by Crippen LogP contribution is -2.45. The second-order valence-corrected chi connectivity index (χ2v) is 8.74. The van der Waals surface area contributed by atoms with E-state index in [4.69, 9.17) is 25.6 Å². The van der Waals surface area contributed by atoms with Crippen LogP contribution in [0.4, 0.5) is 30.6 Å². The quantitative estimate of drug-likeness (QED) is 0.594. The maximum absolute atomic E-state index is 12.0. The molecular weight excluding hydrogens is 479 g/mol. The van der Waals surface area contributed by atoms with E-state index < -0.39 is 12.1 Å². The van der Waals surface area contributed by atoms with Gasteiger partial charge in [0.15, 0.2) is 0 Å². The van der Waals surface area contributed by atoms with Crippen molar-refractivity contribution < 1.29 is 27.9 Å². The number of alkyl halides is 3. The predicted molar refractivity (Wildman–Crippen MR) is 131 cm³/mol. The van der Waals surface area contributed by atoms with Gasteiger partial charge in [-0.25, -0.2) is 9.78 Å². The average molecular weight is 510 g/mol. The SMILES string of the molecule is C=CC(=O)N(C)c1ccc2c(N3CC[C@@H](N)C3)nc(N3CCN(C)CC3)nc2c1.O=C(O)C(F)(F)F. The van der Waals surface area contributed by atoms with Gasteiger partial charge in [-0.2, -0.15) is 18.2 Å². The number of rotatable bonds is 4. The number of hydrogen-bond donors (Lipinski definition) is 2. The predicted octanol–water partition coefficient (Wildman–Crippen LogP) is 1.70. The number of carbonyl (C=O) groups excluding carboxylic acids is 1. The number of carboxylic acids is 1. The van der Waals surface area contributed by atoms with Crippen LogP contribution in [-0.4, -0.2) is 97.4 Å². The Bertz CT molecular complexity index is 1120. The molecule has 0 unspecified atom stereocenters. The minimum atomic E-state index is -5.08. The second-order valence-electron chi connectivity index (χ2n) is 8.74. The molecule has 196 valence electrons. The summed E-state index contributed by atoms with van der Waals surface area (Å²) < 4.78 is 31.7.